The monoisotopic (exact) mass is 309 g/mol. The summed E-state index contributed by atoms with van der Waals surface area (Å²) >= 11 is 0. The van der Waals surface area contributed by atoms with Crippen LogP contribution in [0, 0.1) is 5.92 Å². The number of β-amino-alcohol motifs (C(OH)–C–C–N with tert-alkyl or cyclic N) is 1. The van der Waals surface area contributed by atoms with Crippen molar-refractivity contribution in [2.24, 2.45) is 5.92 Å². The van der Waals surface area contributed by atoms with Crippen LogP contribution in [0.25, 0.3) is 0 Å². The summed E-state index contributed by atoms with van der Waals surface area (Å²) in [5.41, 5.74) is 0. The molecule has 0 aliphatic carbocycles. The number of amides is 1. The molecule has 2 N–H and O–H groups in total. The fraction of sp³-hybridized carbons (Fsp3) is 0.941. The highest BCUT2D eigenvalue weighted by atomic mass is 16.3. The lowest BCUT2D eigenvalue weighted by Crippen LogP contribution is -2.55. The third kappa shape index (κ3) is 3.81. The van der Waals surface area contributed by atoms with Crippen molar-refractivity contribution in [1.82, 2.24) is 15.1 Å². The van der Waals surface area contributed by atoms with Crippen LogP contribution in [0.2, 0.25) is 0 Å². The number of aliphatic hydroxyl groups is 1. The van der Waals surface area contributed by atoms with Gasteiger partial charge < -0.3 is 15.3 Å². The standard InChI is InChI=1S/C17H31N3O2/c1-12-10-20(6-5-19(12)11-13(2)21)17(22)9-14-7-15-3-4-16(8-14)18-15/h12-16,18,21H,3-11H2,1-2H3. The Morgan fingerprint density at radius 3 is 2.55 bits per heavy atom. The Kier molecular flexibility index (Phi) is 5.05. The van der Waals surface area contributed by atoms with Crippen LogP contribution in [0.1, 0.15) is 46.0 Å². The van der Waals surface area contributed by atoms with Crippen molar-refractivity contribution < 1.29 is 9.90 Å². The number of hydrogen-bond donors (Lipinski definition) is 2. The van der Waals surface area contributed by atoms with E-state index in [2.05, 4.69) is 17.1 Å². The van der Waals surface area contributed by atoms with Gasteiger partial charge in [0, 0.05) is 50.7 Å². The van der Waals surface area contributed by atoms with Gasteiger partial charge in [-0.3, -0.25) is 9.69 Å². The summed E-state index contributed by atoms with van der Waals surface area (Å²) in [5.74, 6) is 0.923. The zero-order valence-corrected chi connectivity index (χ0v) is 14.0. The van der Waals surface area contributed by atoms with Crippen molar-refractivity contribution in [3.8, 4) is 0 Å². The predicted octanol–water partition coefficient (Wildman–Crippen LogP) is 0.821. The summed E-state index contributed by atoms with van der Waals surface area (Å²) in [4.78, 5) is 17.0. The van der Waals surface area contributed by atoms with E-state index >= 15 is 0 Å². The Morgan fingerprint density at radius 2 is 1.95 bits per heavy atom. The largest absolute Gasteiger partial charge is 0.392 e. The number of aliphatic hydroxyl groups excluding tert-OH is 1. The van der Waals surface area contributed by atoms with Gasteiger partial charge in [-0.15, -0.1) is 0 Å². The average Bonchev–Trinajstić information content (AvgIpc) is 2.79. The molecular formula is C17H31N3O2. The van der Waals surface area contributed by atoms with Crippen LogP contribution >= 0.6 is 0 Å². The molecule has 0 spiro atoms. The van der Waals surface area contributed by atoms with Crippen LogP contribution in [0.4, 0.5) is 0 Å². The quantitative estimate of drug-likeness (QED) is 0.807. The lowest BCUT2D eigenvalue weighted by molar-refractivity contribution is -0.135. The minimum atomic E-state index is -0.296. The average molecular weight is 309 g/mol. The van der Waals surface area contributed by atoms with E-state index in [4.69, 9.17) is 0 Å². The summed E-state index contributed by atoms with van der Waals surface area (Å²) in [6.07, 6.45) is 5.39. The molecule has 0 saturated carbocycles. The first kappa shape index (κ1) is 16.2. The molecule has 3 heterocycles. The molecule has 4 unspecified atom stereocenters. The number of carbonyl (C=O) groups is 1. The normalized spacial score (nSPS) is 37.3. The molecule has 126 valence electrons. The smallest absolute Gasteiger partial charge is 0.222 e. The second kappa shape index (κ2) is 6.85. The summed E-state index contributed by atoms with van der Waals surface area (Å²) in [7, 11) is 0. The highest BCUT2D eigenvalue weighted by Gasteiger charge is 2.35. The zero-order chi connectivity index (χ0) is 15.7. The number of fused-ring (bicyclic) bond motifs is 2. The fourth-order valence-corrected chi connectivity index (χ4v) is 4.55. The summed E-state index contributed by atoms with van der Waals surface area (Å²) < 4.78 is 0. The second-order valence-corrected chi connectivity index (χ2v) is 7.71. The molecule has 0 aromatic rings. The second-order valence-electron chi connectivity index (χ2n) is 7.71. The molecule has 3 aliphatic heterocycles. The molecule has 22 heavy (non-hydrogen) atoms. The van der Waals surface area contributed by atoms with Crippen LogP contribution in [0.5, 0.6) is 0 Å². The number of piperidine rings is 1. The molecule has 3 rings (SSSR count). The van der Waals surface area contributed by atoms with Crippen molar-refractivity contribution in [3.63, 3.8) is 0 Å². The van der Waals surface area contributed by atoms with E-state index in [-0.39, 0.29) is 6.10 Å². The maximum Gasteiger partial charge on any atom is 0.222 e. The van der Waals surface area contributed by atoms with Crippen LogP contribution < -0.4 is 5.32 Å². The van der Waals surface area contributed by atoms with Gasteiger partial charge in [-0.05, 0) is 45.4 Å². The van der Waals surface area contributed by atoms with Crippen molar-refractivity contribution in [2.75, 3.05) is 26.2 Å². The van der Waals surface area contributed by atoms with Crippen molar-refractivity contribution in [2.45, 2.75) is 70.2 Å². The van der Waals surface area contributed by atoms with Gasteiger partial charge >= 0.3 is 0 Å². The van der Waals surface area contributed by atoms with E-state index in [0.29, 0.717) is 36.5 Å². The molecule has 2 bridgehead atoms. The SMILES string of the molecule is CC(O)CN1CCN(C(=O)CC2CC3CCC(C2)N3)CC1C. The van der Waals surface area contributed by atoms with Gasteiger partial charge in [0.05, 0.1) is 6.10 Å². The Bertz CT molecular complexity index is 389. The first-order valence-electron chi connectivity index (χ1n) is 8.97. The first-order chi connectivity index (χ1) is 10.5. The Morgan fingerprint density at radius 1 is 1.27 bits per heavy atom. The van der Waals surface area contributed by atoms with Gasteiger partial charge in [0.1, 0.15) is 0 Å². The highest BCUT2D eigenvalue weighted by Crippen LogP contribution is 2.33. The Labute approximate surface area is 134 Å². The van der Waals surface area contributed by atoms with Gasteiger partial charge in [-0.2, -0.15) is 0 Å². The maximum absolute atomic E-state index is 12.6. The van der Waals surface area contributed by atoms with Gasteiger partial charge in [0.25, 0.3) is 0 Å². The number of hydrogen-bond acceptors (Lipinski definition) is 4. The van der Waals surface area contributed by atoms with Crippen LogP contribution in [0.15, 0.2) is 0 Å². The molecule has 5 heteroatoms. The van der Waals surface area contributed by atoms with E-state index < -0.39 is 0 Å². The van der Waals surface area contributed by atoms with Gasteiger partial charge in [-0.25, -0.2) is 0 Å². The van der Waals surface area contributed by atoms with Crippen LogP contribution in [-0.2, 0) is 4.79 Å². The first-order valence-corrected chi connectivity index (χ1v) is 8.97. The Balaban J connectivity index is 1.47. The number of nitrogens with zero attached hydrogens (tertiary/aromatic N) is 2. The van der Waals surface area contributed by atoms with Gasteiger partial charge in [-0.1, -0.05) is 0 Å². The summed E-state index contributed by atoms with van der Waals surface area (Å²) in [6, 6.07) is 1.67. The van der Waals surface area contributed by atoms with Crippen molar-refractivity contribution in [1.29, 1.82) is 0 Å². The third-order valence-corrected chi connectivity index (χ3v) is 5.65. The number of rotatable bonds is 4. The summed E-state index contributed by atoms with van der Waals surface area (Å²) in [6.45, 7) is 7.20. The molecule has 0 aromatic carbocycles. The highest BCUT2D eigenvalue weighted by molar-refractivity contribution is 5.76. The molecule has 0 aromatic heterocycles. The Hall–Kier alpha value is -0.650. The van der Waals surface area contributed by atoms with E-state index in [1.807, 2.05) is 11.8 Å². The number of carbonyl (C=O) groups excluding carboxylic acids is 1. The van der Waals surface area contributed by atoms with Crippen molar-refractivity contribution >= 4 is 5.91 Å². The maximum atomic E-state index is 12.6. The van der Waals surface area contributed by atoms with Gasteiger partial charge in [0.15, 0.2) is 0 Å². The topological polar surface area (TPSA) is 55.8 Å². The van der Waals surface area contributed by atoms with E-state index in [1.54, 1.807) is 0 Å². The van der Waals surface area contributed by atoms with Gasteiger partial charge in [0.2, 0.25) is 5.91 Å². The summed E-state index contributed by atoms with van der Waals surface area (Å²) in [5, 5.41) is 13.2. The molecule has 1 amide bonds. The number of piperazine rings is 1. The fourth-order valence-electron chi connectivity index (χ4n) is 4.55. The lowest BCUT2D eigenvalue weighted by atomic mass is 9.89. The predicted molar refractivity (Wildman–Crippen MR) is 86.6 cm³/mol. The van der Waals surface area contributed by atoms with E-state index in [1.165, 1.54) is 25.7 Å². The molecule has 4 atom stereocenters. The number of nitrogens with one attached hydrogen (secondary N) is 1. The van der Waals surface area contributed by atoms with E-state index in [9.17, 15) is 9.90 Å². The lowest BCUT2D eigenvalue weighted by Gasteiger charge is -2.41. The molecule has 3 aliphatic rings. The minimum absolute atomic E-state index is 0.296. The zero-order valence-electron chi connectivity index (χ0n) is 14.0. The molecule has 3 fully saturated rings. The van der Waals surface area contributed by atoms with Crippen LogP contribution in [-0.4, -0.2) is 71.2 Å². The van der Waals surface area contributed by atoms with Crippen molar-refractivity contribution in [3.05, 3.63) is 0 Å². The third-order valence-electron chi connectivity index (χ3n) is 5.65. The minimum Gasteiger partial charge on any atom is -0.392 e. The molecular weight excluding hydrogens is 278 g/mol. The molecule has 3 saturated heterocycles. The van der Waals surface area contributed by atoms with Crippen LogP contribution in [0.3, 0.4) is 0 Å². The molecule has 0 radical (unpaired) electrons. The molecule has 5 nitrogen and oxygen atoms in total. The van der Waals surface area contributed by atoms with E-state index in [0.717, 1.165) is 26.1 Å².